The highest BCUT2D eigenvalue weighted by molar-refractivity contribution is 5.96. The summed E-state index contributed by atoms with van der Waals surface area (Å²) in [5, 5.41) is 65.3. The molecule has 18 heteroatoms. The Morgan fingerprint density at radius 3 is 2.54 bits per heavy atom. The van der Waals surface area contributed by atoms with Crippen LogP contribution in [0, 0.1) is 5.41 Å². The Bertz CT molecular complexity index is 1410. The first-order valence-corrected chi connectivity index (χ1v) is 16.4. The standard InChI is InChI=1S/C32H43N3O15/c1-15(38)20(28(42)33-8-9-36)34-31(44)32-11-18-24-25(47-14-46-24)27(32)50-35(26(32)29(43)48-18)12-17-6-4-16(5-7-17)3-2-10-45-30-23(41)22(40)21(39)19(13-37)49-30/h2-7,15,18-27,30,36-41H,8-14H2,1H3,(H,33,42)(H,34,44)/t15-,18+,19+,20+,21-,22-,23+,24-,25-,26-,27+,30-,32-/m0/s1. The van der Waals surface area contributed by atoms with Gasteiger partial charge in [0.2, 0.25) is 11.8 Å². The summed E-state index contributed by atoms with van der Waals surface area (Å²) in [4.78, 5) is 47.0. The van der Waals surface area contributed by atoms with E-state index in [1.165, 1.54) is 12.0 Å². The first-order valence-electron chi connectivity index (χ1n) is 16.4. The second-order valence-corrected chi connectivity index (χ2v) is 13.0. The van der Waals surface area contributed by atoms with Crippen molar-refractivity contribution < 1.29 is 73.5 Å². The number of nitrogens with one attached hydrogen (secondary N) is 2. The molecule has 0 aromatic heterocycles. The van der Waals surface area contributed by atoms with Gasteiger partial charge in [0.05, 0.1) is 32.5 Å². The molecule has 18 nitrogen and oxygen atoms in total. The second kappa shape index (κ2) is 15.2. The smallest absolute Gasteiger partial charge is 0.327 e. The fourth-order valence-corrected chi connectivity index (χ4v) is 7.26. The Morgan fingerprint density at radius 2 is 1.84 bits per heavy atom. The minimum atomic E-state index is -1.55. The van der Waals surface area contributed by atoms with Crippen molar-refractivity contribution in [3.8, 4) is 0 Å². The summed E-state index contributed by atoms with van der Waals surface area (Å²) in [6, 6.07) is 4.57. The van der Waals surface area contributed by atoms with E-state index in [9.17, 15) is 39.9 Å². The molecular weight excluding hydrogens is 666 g/mol. The Kier molecular flexibility index (Phi) is 11.2. The molecule has 4 heterocycles. The summed E-state index contributed by atoms with van der Waals surface area (Å²) >= 11 is 0. The average molecular weight is 710 g/mol. The molecule has 4 saturated heterocycles. The molecule has 13 atom stereocenters. The third-order valence-electron chi connectivity index (χ3n) is 9.79. The van der Waals surface area contributed by atoms with Crippen LogP contribution in [0.2, 0.25) is 0 Å². The van der Waals surface area contributed by atoms with E-state index in [2.05, 4.69) is 10.6 Å². The van der Waals surface area contributed by atoms with Gasteiger partial charge in [-0.1, -0.05) is 36.4 Å². The van der Waals surface area contributed by atoms with Gasteiger partial charge in [0.1, 0.15) is 67.1 Å². The predicted molar refractivity (Wildman–Crippen MR) is 165 cm³/mol. The zero-order valence-corrected chi connectivity index (χ0v) is 27.1. The first-order chi connectivity index (χ1) is 24.0. The highest BCUT2D eigenvalue weighted by atomic mass is 16.8. The molecule has 5 aliphatic rings. The Hall–Kier alpha value is -3.11. The number of ether oxygens (including phenoxy) is 5. The van der Waals surface area contributed by atoms with Gasteiger partial charge in [0.25, 0.3) is 0 Å². The summed E-state index contributed by atoms with van der Waals surface area (Å²) in [6.07, 6.45) is -7.98. The van der Waals surface area contributed by atoms with E-state index in [1.54, 1.807) is 36.4 Å². The number of aliphatic hydroxyl groups is 6. The van der Waals surface area contributed by atoms with Gasteiger partial charge in [-0.2, -0.15) is 5.06 Å². The lowest BCUT2D eigenvalue weighted by Crippen LogP contribution is -2.71. The van der Waals surface area contributed by atoms with Gasteiger partial charge >= 0.3 is 5.97 Å². The van der Waals surface area contributed by atoms with Crippen LogP contribution >= 0.6 is 0 Å². The quantitative estimate of drug-likeness (QED) is 0.0909. The number of hydrogen-bond donors (Lipinski definition) is 8. The maximum Gasteiger partial charge on any atom is 0.327 e. The molecule has 0 spiro atoms. The lowest BCUT2D eigenvalue weighted by atomic mass is 9.62. The van der Waals surface area contributed by atoms with Gasteiger partial charge in [-0.25, -0.2) is 0 Å². The largest absolute Gasteiger partial charge is 0.458 e. The number of hydrogen-bond acceptors (Lipinski definition) is 16. The summed E-state index contributed by atoms with van der Waals surface area (Å²) in [5.41, 5.74) is -0.0711. The lowest BCUT2D eigenvalue weighted by molar-refractivity contribution is -0.298. The van der Waals surface area contributed by atoms with E-state index in [-0.39, 0.29) is 39.5 Å². The van der Waals surface area contributed by atoms with Crippen LogP contribution in [0.25, 0.3) is 6.08 Å². The van der Waals surface area contributed by atoms with Crippen LogP contribution in [0.5, 0.6) is 0 Å². The number of hydroxylamine groups is 2. The van der Waals surface area contributed by atoms with Gasteiger partial charge in [-0.15, -0.1) is 0 Å². The Labute approximate surface area is 286 Å². The molecule has 8 N–H and O–H groups in total. The summed E-state index contributed by atoms with van der Waals surface area (Å²) in [6.45, 7) is 0.309. The number of esters is 1. The maximum atomic E-state index is 14.2. The molecule has 4 aliphatic heterocycles. The summed E-state index contributed by atoms with van der Waals surface area (Å²) < 4.78 is 28.1. The van der Waals surface area contributed by atoms with Crippen LogP contribution < -0.4 is 10.6 Å². The van der Waals surface area contributed by atoms with Crippen LogP contribution in [-0.2, 0) is 49.5 Å². The zero-order chi connectivity index (χ0) is 35.7. The fraction of sp³-hybridized carbons (Fsp3) is 0.656. The van der Waals surface area contributed by atoms with Gasteiger partial charge in [0.15, 0.2) is 12.3 Å². The molecule has 276 valence electrons. The second-order valence-electron chi connectivity index (χ2n) is 13.0. The highest BCUT2D eigenvalue weighted by Crippen LogP contribution is 2.55. The minimum Gasteiger partial charge on any atom is -0.458 e. The van der Waals surface area contributed by atoms with Crippen molar-refractivity contribution in [1.29, 1.82) is 0 Å². The molecule has 1 saturated carbocycles. The number of fused-ring (bicyclic) bond motifs is 4. The molecule has 2 amide bonds. The van der Waals surface area contributed by atoms with E-state index in [1.807, 2.05) is 0 Å². The fourth-order valence-electron chi connectivity index (χ4n) is 7.26. The molecule has 0 unspecified atom stereocenters. The first kappa shape index (κ1) is 36.7. The van der Waals surface area contributed by atoms with E-state index in [0.717, 1.165) is 5.56 Å². The number of aliphatic hydroxyl groups excluding tert-OH is 6. The van der Waals surface area contributed by atoms with Crippen molar-refractivity contribution in [1.82, 2.24) is 15.7 Å². The molecule has 5 fully saturated rings. The molecule has 1 aromatic rings. The van der Waals surface area contributed by atoms with E-state index >= 15 is 0 Å². The molecular formula is C32H43N3O15. The average Bonchev–Trinajstić information content (AvgIpc) is 3.73. The number of nitrogens with zero attached hydrogens (tertiary/aromatic N) is 1. The molecule has 2 bridgehead atoms. The predicted octanol–water partition coefficient (Wildman–Crippen LogP) is -3.97. The third kappa shape index (κ3) is 6.79. The van der Waals surface area contributed by atoms with E-state index in [4.69, 9.17) is 33.6 Å². The topological polar surface area (TPSA) is 255 Å². The molecule has 1 aromatic carbocycles. The Morgan fingerprint density at radius 1 is 1.10 bits per heavy atom. The summed E-state index contributed by atoms with van der Waals surface area (Å²) in [5.74, 6) is -2.10. The normalized spacial score (nSPS) is 37.6. The Balaban J connectivity index is 1.15. The molecule has 1 aliphatic carbocycles. The van der Waals surface area contributed by atoms with Crippen LogP contribution in [0.4, 0.5) is 0 Å². The highest BCUT2D eigenvalue weighted by Gasteiger charge is 2.74. The van der Waals surface area contributed by atoms with Gasteiger partial charge < -0.3 is 65.0 Å². The van der Waals surface area contributed by atoms with Crippen molar-refractivity contribution in [3.63, 3.8) is 0 Å². The zero-order valence-electron chi connectivity index (χ0n) is 27.1. The van der Waals surface area contributed by atoms with Crippen LogP contribution in [-0.4, -0.2) is 160 Å². The lowest BCUT2D eigenvalue weighted by Gasteiger charge is -2.49. The molecule has 6 rings (SSSR count). The monoisotopic (exact) mass is 709 g/mol. The van der Waals surface area contributed by atoms with E-state index in [0.29, 0.717) is 5.56 Å². The number of rotatable bonds is 13. The maximum absolute atomic E-state index is 14.2. The SMILES string of the molecule is C[C@H](O)[C@@H](NC(=O)[C@@]12C[C@H]3OC(=O)[C@@H]1N(Cc1ccc(C=CCO[C@H]4O[C@H](CO)[C@H](O)[C@H](O)[C@H]4O)cc1)O[C@@H]2[C@H]1OCO[C@H]13)C(=O)NCCO. The summed E-state index contributed by atoms with van der Waals surface area (Å²) in [7, 11) is 0. The van der Waals surface area contributed by atoms with Crippen molar-refractivity contribution >= 4 is 23.9 Å². The van der Waals surface area contributed by atoms with Gasteiger partial charge in [0, 0.05) is 13.0 Å². The number of carbonyl (C=O) groups excluding carboxylic acids is 3. The van der Waals surface area contributed by atoms with Crippen LogP contribution in [0.3, 0.4) is 0 Å². The molecule has 50 heavy (non-hydrogen) atoms. The number of benzene rings is 1. The van der Waals surface area contributed by atoms with Crippen molar-refractivity contribution in [2.75, 3.05) is 33.2 Å². The van der Waals surface area contributed by atoms with Crippen molar-refractivity contribution in [3.05, 3.63) is 41.5 Å². The molecule has 0 radical (unpaired) electrons. The van der Waals surface area contributed by atoms with Gasteiger partial charge in [-0.3, -0.25) is 19.2 Å². The van der Waals surface area contributed by atoms with Gasteiger partial charge in [-0.05, 0) is 18.1 Å². The van der Waals surface area contributed by atoms with Crippen molar-refractivity contribution in [2.45, 2.75) is 93.2 Å². The van der Waals surface area contributed by atoms with E-state index < -0.39 is 103 Å². The van der Waals surface area contributed by atoms with Crippen LogP contribution in [0.1, 0.15) is 24.5 Å². The van der Waals surface area contributed by atoms with Crippen molar-refractivity contribution in [2.24, 2.45) is 5.41 Å². The number of amides is 2. The van der Waals surface area contributed by atoms with Crippen LogP contribution in [0.15, 0.2) is 30.3 Å². The minimum absolute atomic E-state index is 0.0185. The number of carbonyl (C=O) groups is 3. The third-order valence-corrected chi connectivity index (χ3v) is 9.79.